The number of carbonyl (C=O) groups excluding carboxylic acids is 2. The molecule has 1 saturated carbocycles. The van der Waals surface area contributed by atoms with Gasteiger partial charge in [0.25, 0.3) is 5.91 Å². The second-order valence-electron chi connectivity index (χ2n) is 9.26. The minimum atomic E-state index is -4.68. The van der Waals surface area contributed by atoms with Gasteiger partial charge in [-0.25, -0.2) is 0 Å². The van der Waals surface area contributed by atoms with E-state index in [2.05, 4.69) is 10.2 Å². The quantitative estimate of drug-likeness (QED) is 0.553. The van der Waals surface area contributed by atoms with E-state index in [1.165, 1.54) is 18.9 Å². The highest BCUT2D eigenvalue weighted by molar-refractivity contribution is 6.07. The van der Waals surface area contributed by atoms with Crippen molar-refractivity contribution in [2.24, 2.45) is 0 Å². The Kier molecular flexibility index (Phi) is 5.57. The predicted octanol–water partition coefficient (Wildman–Crippen LogP) is 4.70. The van der Waals surface area contributed by atoms with E-state index in [1.807, 2.05) is 12.1 Å². The second kappa shape index (κ2) is 8.39. The maximum Gasteiger partial charge on any atom is 0.433 e. The second-order valence-corrected chi connectivity index (χ2v) is 9.26. The number of amides is 2. The maximum absolute atomic E-state index is 13.8. The van der Waals surface area contributed by atoms with Crippen molar-refractivity contribution >= 4 is 17.5 Å². The summed E-state index contributed by atoms with van der Waals surface area (Å²) in [6.07, 6.45) is -2.99. The molecule has 3 aromatic rings. The fraction of sp³-hybridized carbons (Fsp3) is 0.346. The smallest absolute Gasteiger partial charge is 0.433 e. The molecule has 2 aromatic carbocycles. The number of nitrogens with one attached hydrogen (secondary N) is 1. The Morgan fingerprint density at radius 2 is 1.78 bits per heavy atom. The van der Waals surface area contributed by atoms with E-state index in [9.17, 15) is 22.8 Å². The third-order valence-electron chi connectivity index (χ3n) is 7.32. The maximum atomic E-state index is 13.8. The van der Waals surface area contributed by atoms with Gasteiger partial charge >= 0.3 is 6.18 Å². The lowest BCUT2D eigenvalue weighted by Crippen LogP contribution is -2.41. The molecular formula is C26H25F3N4O3. The van der Waals surface area contributed by atoms with Crippen LogP contribution in [0.5, 0.6) is 5.75 Å². The number of ether oxygens (including phenoxy) is 1. The standard InChI is InChI=1S/C26H25F3N4O3/c1-15(34)32(2)25(12-13-25)17-6-8-18(9-7-17)33-14-20(16-4-10-19(36-3)11-5-16)21-22(24(33)35)30-31-23(21)26(27,28)29/h4-11,20H,12-14H2,1-3H3,(H,30,31). The Labute approximate surface area is 205 Å². The normalized spacial score (nSPS) is 18.6. The highest BCUT2D eigenvalue weighted by atomic mass is 19.4. The summed E-state index contributed by atoms with van der Waals surface area (Å²) in [6.45, 7) is 1.54. The van der Waals surface area contributed by atoms with E-state index in [0.717, 1.165) is 18.4 Å². The number of aromatic nitrogens is 2. The number of benzene rings is 2. The summed E-state index contributed by atoms with van der Waals surface area (Å²) in [6, 6.07) is 14.1. The van der Waals surface area contributed by atoms with E-state index >= 15 is 0 Å². The Hall–Kier alpha value is -3.82. The summed E-state index contributed by atoms with van der Waals surface area (Å²) in [4.78, 5) is 28.4. The van der Waals surface area contributed by atoms with Crippen molar-refractivity contribution in [3.05, 3.63) is 76.6 Å². The highest BCUT2D eigenvalue weighted by Crippen LogP contribution is 2.51. The van der Waals surface area contributed by atoms with E-state index in [4.69, 9.17) is 4.74 Å². The number of fused-ring (bicyclic) bond motifs is 1. The number of anilines is 1. The molecular weight excluding hydrogens is 473 g/mol. The summed E-state index contributed by atoms with van der Waals surface area (Å²) in [5.41, 5.74) is 0.367. The number of rotatable bonds is 5. The number of methoxy groups -OCH3 is 1. The lowest BCUT2D eigenvalue weighted by molar-refractivity contribution is -0.141. The van der Waals surface area contributed by atoms with Crippen molar-refractivity contribution in [3.63, 3.8) is 0 Å². The van der Waals surface area contributed by atoms with Gasteiger partial charge in [-0.2, -0.15) is 18.3 Å². The van der Waals surface area contributed by atoms with Crippen LogP contribution in [-0.4, -0.2) is 47.6 Å². The number of H-pyrrole nitrogens is 1. The third kappa shape index (κ3) is 3.81. The molecule has 1 aliphatic carbocycles. The van der Waals surface area contributed by atoms with Crippen LogP contribution in [0.2, 0.25) is 0 Å². The zero-order valence-electron chi connectivity index (χ0n) is 20.0. The summed E-state index contributed by atoms with van der Waals surface area (Å²) in [5.74, 6) is -0.809. The van der Waals surface area contributed by atoms with Crippen LogP contribution >= 0.6 is 0 Å². The van der Waals surface area contributed by atoms with Gasteiger partial charge in [0.2, 0.25) is 5.91 Å². The lowest BCUT2D eigenvalue weighted by Gasteiger charge is -2.33. The fourth-order valence-electron chi connectivity index (χ4n) is 5.07. The number of carbonyl (C=O) groups is 2. The molecule has 2 aliphatic rings. The first-order valence-electron chi connectivity index (χ1n) is 11.5. The molecule has 0 radical (unpaired) electrons. The molecule has 0 bridgehead atoms. The van der Waals surface area contributed by atoms with E-state index in [1.54, 1.807) is 48.3 Å². The molecule has 2 heterocycles. The van der Waals surface area contributed by atoms with Crippen LogP contribution in [0.1, 0.15) is 58.6 Å². The number of aromatic amines is 1. The van der Waals surface area contributed by atoms with Gasteiger partial charge in [-0.3, -0.25) is 14.7 Å². The zero-order chi connectivity index (χ0) is 25.8. The monoisotopic (exact) mass is 498 g/mol. The third-order valence-corrected chi connectivity index (χ3v) is 7.32. The van der Waals surface area contributed by atoms with E-state index < -0.39 is 23.7 Å². The predicted molar refractivity (Wildman–Crippen MR) is 126 cm³/mol. The Balaban J connectivity index is 1.53. The molecule has 1 aliphatic heterocycles. The van der Waals surface area contributed by atoms with Crippen molar-refractivity contribution in [1.29, 1.82) is 0 Å². The van der Waals surface area contributed by atoms with Gasteiger partial charge in [-0.15, -0.1) is 0 Å². The molecule has 10 heteroatoms. The van der Waals surface area contributed by atoms with Crippen LogP contribution in [-0.2, 0) is 16.5 Å². The average molecular weight is 499 g/mol. The molecule has 7 nitrogen and oxygen atoms in total. The first-order valence-corrected chi connectivity index (χ1v) is 11.5. The van der Waals surface area contributed by atoms with Crippen LogP contribution in [0.4, 0.5) is 18.9 Å². The van der Waals surface area contributed by atoms with Gasteiger partial charge < -0.3 is 14.5 Å². The Morgan fingerprint density at radius 1 is 1.14 bits per heavy atom. The molecule has 1 atom stereocenters. The molecule has 1 fully saturated rings. The van der Waals surface area contributed by atoms with Crippen molar-refractivity contribution in [1.82, 2.24) is 15.1 Å². The summed E-state index contributed by atoms with van der Waals surface area (Å²) >= 11 is 0. The lowest BCUT2D eigenvalue weighted by atomic mass is 9.85. The molecule has 0 saturated heterocycles. The fourth-order valence-corrected chi connectivity index (χ4v) is 5.07. The van der Waals surface area contributed by atoms with Gasteiger partial charge in [0.05, 0.1) is 12.6 Å². The van der Waals surface area contributed by atoms with Crippen LogP contribution in [0.15, 0.2) is 48.5 Å². The summed E-state index contributed by atoms with van der Waals surface area (Å²) in [5, 5.41) is 5.85. The van der Waals surface area contributed by atoms with Crippen LogP contribution < -0.4 is 9.64 Å². The topological polar surface area (TPSA) is 78.5 Å². The van der Waals surface area contributed by atoms with Gasteiger partial charge in [-0.1, -0.05) is 24.3 Å². The largest absolute Gasteiger partial charge is 0.497 e. The van der Waals surface area contributed by atoms with E-state index in [-0.39, 0.29) is 29.2 Å². The van der Waals surface area contributed by atoms with Gasteiger partial charge in [-0.05, 0) is 48.2 Å². The molecule has 1 unspecified atom stereocenters. The van der Waals surface area contributed by atoms with Gasteiger partial charge in [0.15, 0.2) is 5.69 Å². The first-order chi connectivity index (χ1) is 17.1. The SMILES string of the molecule is COc1ccc(C2CN(c3ccc(C4(N(C)C(C)=O)CC4)cc3)C(=O)c3n[nH]c(C(F)(F)F)c32)cc1. The summed E-state index contributed by atoms with van der Waals surface area (Å²) in [7, 11) is 3.28. The molecule has 1 N–H and O–H groups in total. The van der Waals surface area contributed by atoms with Crippen molar-refractivity contribution in [3.8, 4) is 5.75 Å². The highest BCUT2D eigenvalue weighted by Gasteiger charge is 2.49. The molecule has 188 valence electrons. The number of halogens is 3. The molecule has 2 amide bonds. The zero-order valence-corrected chi connectivity index (χ0v) is 20.0. The Morgan fingerprint density at radius 3 is 2.31 bits per heavy atom. The van der Waals surface area contributed by atoms with Gasteiger partial charge in [0.1, 0.15) is 11.4 Å². The number of nitrogens with zero attached hydrogens (tertiary/aromatic N) is 3. The van der Waals surface area contributed by atoms with Crippen LogP contribution in [0, 0.1) is 0 Å². The molecule has 36 heavy (non-hydrogen) atoms. The average Bonchev–Trinajstić information content (AvgIpc) is 3.54. The summed E-state index contributed by atoms with van der Waals surface area (Å²) < 4.78 is 46.6. The van der Waals surface area contributed by atoms with Crippen molar-refractivity contribution in [2.75, 3.05) is 25.6 Å². The van der Waals surface area contributed by atoms with Crippen LogP contribution in [0.3, 0.4) is 0 Å². The number of alkyl halides is 3. The minimum absolute atomic E-state index is 0.0125. The number of hydrogen-bond acceptors (Lipinski definition) is 4. The Bertz CT molecular complexity index is 1310. The molecule has 1 aromatic heterocycles. The van der Waals surface area contributed by atoms with E-state index in [0.29, 0.717) is 17.0 Å². The van der Waals surface area contributed by atoms with Crippen molar-refractivity contribution in [2.45, 2.75) is 37.4 Å². The van der Waals surface area contributed by atoms with Crippen molar-refractivity contribution < 1.29 is 27.5 Å². The molecule has 0 spiro atoms. The number of hydrogen-bond donors (Lipinski definition) is 1. The van der Waals surface area contributed by atoms with Gasteiger partial charge in [0, 0.05) is 37.7 Å². The molecule has 5 rings (SSSR count). The first kappa shape index (κ1) is 23.9. The minimum Gasteiger partial charge on any atom is -0.497 e. The van der Waals surface area contributed by atoms with Crippen LogP contribution in [0.25, 0.3) is 0 Å².